The Morgan fingerprint density at radius 1 is 0.952 bits per heavy atom. The van der Waals surface area contributed by atoms with E-state index < -0.39 is 10.2 Å². The molecule has 0 saturated heterocycles. The van der Waals surface area contributed by atoms with Crippen molar-refractivity contribution in [1.82, 2.24) is 9.03 Å². The Hall–Kier alpha value is -1.69. The normalized spacial score (nSPS) is 13.3. The molecule has 2 aromatic rings. The lowest BCUT2D eigenvalue weighted by atomic mass is 10.00. The fourth-order valence-corrected chi connectivity index (χ4v) is 2.84. The van der Waals surface area contributed by atoms with Crippen LogP contribution in [0.1, 0.15) is 17.2 Å². The minimum Gasteiger partial charge on any atom is -0.195 e. The molecule has 4 nitrogen and oxygen atoms in total. The van der Waals surface area contributed by atoms with Crippen LogP contribution in [0.2, 0.25) is 0 Å². The summed E-state index contributed by atoms with van der Waals surface area (Å²) in [6, 6.07) is 19.2. The zero-order valence-corrected chi connectivity index (χ0v) is 13.0. The lowest BCUT2D eigenvalue weighted by molar-refractivity contribution is 0.487. The number of rotatable bonds is 6. The third kappa shape index (κ3) is 4.39. The van der Waals surface area contributed by atoms with Gasteiger partial charge in [-0.1, -0.05) is 60.7 Å². The summed E-state index contributed by atoms with van der Waals surface area (Å²) < 4.78 is 28.2. The fraction of sp³-hybridized carbons (Fsp3) is 0.250. The summed E-state index contributed by atoms with van der Waals surface area (Å²) in [5.74, 6) is 0. The maximum atomic E-state index is 12.1. The number of nitrogens with zero attached hydrogens (tertiary/aromatic N) is 1. The molecule has 0 aliphatic rings. The molecule has 0 bridgehead atoms. The van der Waals surface area contributed by atoms with Crippen LogP contribution >= 0.6 is 0 Å². The molecule has 0 aliphatic heterocycles. The molecule has 0 fully saturated rings. The standard InChI is InChI=1S/C16H20N2O2S/c1-18(2)21(19,20)17-16(15-11-7-4-8-12-15)13-14-9-5-3-6-10-14/h3-12,16-17H,13H2,1-2H3/t16-/m0/s1. The van der Waals surface area contributed by atoms with Gasteiger partial charge in [0.1, 0.15) is 0 Å². The summed E-state index contributed by atoms with van der Waals surface area (Å²) in [5, 5.41) is 0. The van der Waals surface area contributed by atoms with E-state index in [1.807, 2.05) is 60.7 Å². The predicted octanol–water partition coefficient (Wildman–Crippen LogP) is 2.37. The molecule has 0 radical (unpaired) electrons. The maximum Gasteiger partial charge on any atom is 0.279 e. The van der Waals surface area contributed by atoms with Gasteiger partial charge in [-0.05, 0) is 17.5 Å². The lowest BCUT2D eigenvalue weighted by Crippen LogP contribution is -2.38. The number of hydrogen-bond acceptors (Lipinski definition) is 2. The zero-order valence-electron chi connectivity index (χ0n) is 12.2. The van der Waals surface area contributed by atoms with Crippen LogP contribution in [0.25, 0.3) is 0 Å². The van der Waals surface area contributed by atoms with Crippen LogP contribution in [0.5, 0.6) is 0 Å². The van der Waals surface area contributed by atoms with Crippen LogP contribution < -0.4 is 4.72 Å². The van der Waals surface area contributed by atoms with Crippen molar-refractivity contribution in [2.75, 3.05) is 14.1 Å². The average molecular weight is 304 g/mol. The van der Waals surface area contributed by atoms with Gasteiger partial charge in [0.2, 0.25) is 0 Å². The van der Waals surface area contributed by atoms with Crippen molar-refractivity contribution in [1.29, 1.82) is 0 Å². The molecule has 0 aromatic heterocycles. The lowest BCUT2D eigenvalue weighted by Gasteiger charge is -2.22. The van der Waals surface area contributed by atoms with Gasteiger partial charge in [-0.25, -0.2) is 0 Å². The molecule has 1 N–H and O–H groups in total. The zero-order chi connectivity index (χ0) is 15.3. The van der Waals surface area contributed by atoms with Crippen molar-refractivity contribution in [3.05, 3.63) is 71.8 Å². The van der Waals surface area contributed by atoms with Crippen molar-refractivity contribution in [2.45, 2.75) is 12.5 Å². The summed E-state index contributed by atoms with van der Waals surface area (Å²) in [5.41, 5.74) is 2.04. The van der Waals surface area contributed by atoms with E-state index in [0.717, 1.165) is 11.1 Å². The molecule has 2 aromatic carbocycles. The summed E-state index contributed by atoms with van der Waals surface area (Å²) in [6.45, 7) is 0. The van der Waals surface area contributed by atoms with Crippen molar-refractivity contribution in [2.24, 2.45) is 0 Å². The van der Waals surface area contributed by atoms with E-state index in [1.165, 1.54) is 18.4 Å². The SMILES string of the molecule is CN(C)S(=O)(=O)N[C@@H](Cc1ccccc1)c1ccccc1. The molecule has 0 unspecified atom stereocenters. The summed E-state index contributed by atoms with van der Waals surface area (Å²) in [4.78, 5) is 0. The van der Waals surface area contributed by atoms with Gasteiger partial charge in [0.15, 0.2) is 0 Å². The molecule has 21 heavy (non-hydrogen) atoms. The molecular weight excluding hydrogens is 284 g/mol. The van der Waals surface area contributed by atoms with Gasteiger partial charge >= 0.3 is 0 Å². The van der Waals surface area contributed by atoms with Crippen LogP contribution in [0, 0.1) is 0 Å². The Bertz CT molecular complexity index is 655. The highest BCUT2D eigenvalue weighted by Gasteiger charge is 2.21. The molecule has 2 rings (SSSR count). The Balaban J connectivity index is 2.27. The molecule has 5 heteroatoms. The first-order chi connectivity index (χ1) is 9.99. The number of benzene rings is 2. The van der Waals surface area contributed by atoms with Crippen LogP contribution in [-0.2, 0) is 16.6 Å². The van der Waals surface area contributed by atoms with Gasteiger partial charge in [0.05, 0.1) is 6.04 Å². The topological polar surface area (TPSA) is 49.4 Å². The summed E-state index contributed by atoms with van der Waals surface area (Å²) >= 11 is 0. The van der Waals surface area contributed by atoms with Crippen molar-refractivity contribution < 1.29 is 8.42 Å². The Kier molecular flexibility index (Phi) is 5.12. The van der Waals surface area contributed by atoms with Gasteiger partial charge in [0.25, 0.3) is 10.2 Å². The monoisotopic (exact) mass is 304 g/mol. The van der Waals surface area contributed by atoms with Crippen molar-refractivity contribution in [3.8, 4) is 0 Å². The van der Waals surface area contributed by atoms with Crippen LogP contribution in [0.3, 0.4) is 0 Å². The molecule has 1 atom stereocenters. The first-order valence-electron chi connectivity index (χ1n) is 6.77. The largest absolute Gasteiger partial charge is 0.279 e. The van der Waals surface area contributed by atoms with Gasteiger partial charge < -0.3 is 0 Å². The van der Waals surface area contributed by atoms with Crippen molar-refractivity contribution in [3.63, 3.8) is 0 Å². The third-order valence-electron chi connectivity index (χ3n) is 3.26. The molecule has 0 amide bonds. The fourth-order valence-electron chi connectivity index (χ4n) is 2.05. The van der Waals surface area contributed by atoms with Crippen molar-refractivity contribution >= 4 is 10.2 Å². The highest BCUT2D eigenvalue weighted by atomic mass is 32.2. The minimum atomic E-state index is -3.48. The Morgan fingerprint density at radius 3 is 2.00 bits per heavy atom. The molecule has 0 spiro atoms. The first kappa shape index (κ1) is 15.7. The summed E-state index contributed by atoms with van der Waals surface area (Å²) in [7, 11) is -0.441. The molecule has 0 heterocycles. The van der Waals surface area contributed by atoms with Crippen LogP contribution in [-0.4, -0.2) is 26.8 Å². The van der Waals surface area contributed by atoms with Crippen LogP contribution in [0.15, 0.2) is 60.7 Å². The van der Waals surface area contributed by atoms with E-state index in [9.17, 15) is 8.42 Å². The summed E-state index contributed by atoms with van der Waals surface area (Å²) in [6.07, 6.45) is 0.609. The third-order valence-corrected chi connectivity index (χ3v) is 4.80. The van der Waals surface area contributed by atoms with Gasteiger partial charge in [-0.2, -0.15) is 17.4 Å². The second-order valence-corrected chi connectivity index (χ2v) is 6.97. The molecule has 0 saturated carbocycles. The van der Waals surface area contributed by atoms with E-state index >= 15 is 0 Å². The Morgan fingerprint density at radius 2 is 1.48 bits per heavy atom. The molecule has 112 valence electrons. The quantitative estimate of drug-likeness (QED) is 0.890. The predicted molar refractivity (Wildman–Crippen MR) is 85.1 cm³/mol. The van der Waals surface area contributed by atoms with Gasteiger partial charge in [-0.3, -0.25) is 0 Å². The number of nitrogens with one attached hydrogen (secondary N) is 1. The molecular formula is C16H20N2O2S. The highest BCUT2D eigenvalue weighted by molar-refractivity contribution is 7.87. The van der Waals surface area contributed by atoms with Gasteiger partial charge in [-0.15, -0.1) is 0 Å². The minimum absolute atomic E-state index is 0.291. The number of hydrogen-bond donors (Lipinski definition) is 1. The smallest absolute Gasteiger partial charge is 0.195 e. The molecule has 0 aliphatic carbocycles. The van der Waals surface area contributed by atoms with E-state index in [4.69, 9.17) is 0 Å². The van der Waals surface area contributed by atoms with E-state index in [1.54, 1.807) is 0 Å². The second kappa shape index (κ2) is 6.85. The first-order valence-corrected chi connectivity index (χ1v) is 8.22. The highest BCUT2D eigenvalue weighted by Crippen LogP contribution is 2.19. The van der Waals surface area contributed by atoms with Crippen LogP contribution in [0.4, 0.5) is 0 Å². The van der Waals surface area contributed by atoms with E-state index in [2.05, 4.69) is 4.72 Å². The average Bonchev–Trinajstić information content (AvgIpc) is 2.48. The van der Waals surface area contributed by atoms with E-state index in [0.29, 0.717) is 6.42 Å². The van der Waals surface area contributed by atoms with E-state index in [-0.39, 0.29) is 6.04 Å². The second-order valence-electron chi connectivity index (χ2n) is 5.06. The maximum absolute atomic E-state index is 12.1. The van der Waals surface area contributed by atoms with Gasteiger partial charge in [0, 0.05) is 14.1 Å². The Labute approximate surface area is 126 Å².